The summed E-state index contributed by atoms with van der Waals surface area (Å²) in [4.78, 5) is 24.2. The van der Waals surface area contributed by atoms with Crippen molar-refractivity contribution < 1.29 is 32.2 Å². The first kappa shape index (κ1) is 25.4. The third-order valence-electron chi connectivity index (χ3n) is 5.20. The van der Waals surface area contributed by atoms with Crippen molar-refractivity contribution in [2.24, 2.45) is 0 Å². The summed E-state index contributed by atoms with van der Waals surface area (Å²) in [5, 5.41) is 2.71. The van der Waals surface area contributed by atoms with Crippen LogP contribution in [0.2, 0.25) is 0 Å². The smallest absolute Gasteiger partial charge is 0.331 e. The lowest BCUT2D eigenvalue weighted by Crippen LogP contribution is -2.40. The van der Waals surface area contributed by atoms with E-state index in [1.807, 2.05) is 32.0 Å². The van der Waals surface area contributed by atoms with Crippen molar-refractivity contribution in [2.75, 3.05) is 45.3 Å². The lowest BCUT2D eigenvalue weighted by atomic mass is 10.1. The van der Waals surface area contributed by atoms with E-state index < -0.39 is 28.5 Å². The lowest BCUT2D eigenvalue weighted by molar-refractivity contribution is -0.142. The van der Waals surface area contributed by atoms with Gasteiger partial charge in [0, 0.05) is 24.9 Å². The van der Waals surface area contributed by atoms with E-state index in [0.717, 1.165) is 17.2 Å². The Morgan fingerprint density at radius 2 is 1.85 bits per heavy atom. The van der Waals surface area contributed by atoms with Gasteiger partial charge in [0.1, 0.15) is 10.6 Å². The molecule has 3 rings (SSSR count). The molecule has 1 heterocycles. The quantitative estimate of drug-likeness (QED) is 0.449. The highest BCUT2D eigenvalue weighted by Gasteiger charge is 2.29. The average molecular weight is 489 g/mol. The van der Waals surface area contributed by atoms with Crippen LogP contribution in [-0.4, -0.2) is 64.6 Å². The highest BCUT2D eigenvalue weighted by Crippen LogP contribution is 2.29. The van der Waals surface area contributed by atoms with E-state index >= 15 is 0 Å². The number of hydrogen-bond acceptors (Lipinski definition) is 7. The number of carbonyl (C=O) groups excluding carboxylic acids is 2. The molecule has 0 spiro atoms. The second-order valence-corrected chi connectivity index (χ2v) is 9.64. The van der Waals surface area contributed by atoms with E-state index in [4.69, 9.17) is 14.2 Å². The average Bonchev–Trinajstić information content (AvgIpc) is 2.84. The van der Waals surface area contributed by atoms with Gasteiger partial charge < -0.3 is 19.5 Å². The molecular weight excluding hydrogens is 460 g/mol. The van der Waals surface area contributed by atoms with Gasteiger partial charge in [0.25, 0.3) is 5.91 Å². The van der Waals surface area contributed by atoms with Crippen LogP contribution in [0.1, 0.15) is 16.7 Å². The van der Waals surface area contributed by atoms with Crippen LogP contribution in [0.15, 0.2) is 47.4 Å². The molecule has 1 fully saturated rings. The maximum absolute atomic E-state index is 13.1. The maximum Gasteiger partial charge on any atom is 0.331 e. The molecular formula is C24H28N2O7S. The molecule has 0 atom stereocenters. The molecule has 0 radical (unpaired) electrons. The molecule has 34 heavy (non-hydrogen) atoms. The molecule has 0 unspecified atom stereocenters. The number of ether oxygens (including phenoxy) is 3. The molecule has 0 aromatic heterocycles. The molecule has 0 saturated carbocycles. The second kappa shape index (κ2) is 11.3. The van der Waals surface area contributed by atoms with E-state index in [0.29, 0.717) is 24.5 Å². The molecule has 1 aliphatic rings. The molecule has 0 aliphatic carbocycles. The number of benzene rings is 2. The van der Waals surface area contributed by atoms with Gasteiger partial charge in [-0.3, -0.25) is 4.79 Å². The number of hydrogen-bond donors (Lipinski definition) is 1. The number of morpholine rings is 1. The Bertz CT molecular complexity index is 1190. The molecule has 2 aromatic rings. The van der Waals surface area contributed by atoms with Crippen molar-refractivity contribution >= 4 is 33.7 Å². The fraction of sp³-hybridized carbons (Fsp3) is 0.333. The summed E-state index contributed by atoms with van der Waals surface area (Å²) in [5.74, 6) is -0.988. The summed E-state index contributed by atoms with van der Waals surface area (Å²) in [6.45, 7) is 4.48. The summed E-state index contributed by atoms with van der Waals surface area (Å²) in [7, 11) is -2.41. The number of anilines is 1. The predicted molar refractivity (Wildman–Crippen MR) is 127 cm³/mol. The third kappa shape index (κ3) is 6.43. The van der Waals surface area contributed by atoms with Gasteiger partial charge in [-0.25, -0.2) is 13.2 Å². The molecule has 1 saturated heterocycles. The van der Waals surface area contributed by atoms with Crippen molar-refractivity contribution in [2.45, 2.75) is 18.7 Å². The minimum absolute atomic E-state index is 0.000296. The number of rotatable bonds is 8. The van der Waals surface area contributed by atoms with Gasteiger partial charge in [-0.05, 0) is 54.8 Å². The molecule has 0 bridgehead atoms. The molecule has 182 valence electrons. The van der Waals surface area contributed by atoms with Gasteiger partial charge in [-0.2, -0.15) is 4.31 Å². The van der Waals surface area contributed by atoms with Crippen LogP contribution in [0.3, 0.4) is 0 Å². The van der Waals surface area contributed by atoms with E-state index in [-0.39, 0.29) is 23.7 Å². The van der Waals surface area contributed by atoms with Crippen LogP contribution >= 0.6 is 0 Å². The minimum atomic E-state index is -3.80. The Kier molecular flexibility index (Phi) is 8.43. The topological polar surface area (TPSA) is 111 Å². The molecule has 1 N–H and O–H groups in total. The van der Waals surface area contributed by atoms with Gasteiger partial charge >= 0.3 is 5.97 Å². The monoisotopic (exact) mass is 488 g/mol. The van der Waals surface area contributed by atoms with E-state index in [1.54, 1.807) is 6.07 Å². The number of aryl methyl sites for hydroxylation is 2. The number of esters is 1. The van der Waals surface area contributed by atoms with Gasteiger partial charge in [0.2, 0.25) is 10.0 Å². The summed E-state index contributed by atoms with van der Waals surface area (Å²) in [6.07, 6.45) is 2.56. The minimum Gasteiger partial charge on any atom is -0.495 e. The second-order valence-electron chi connectivity index (χ2n) is 7.73. The van der Waals surface area contributed by atoms with Crippen LogP contribution in [0.25, 0.3) is 6.08 Å². The Hall–Kier alpha value is -3.21. The Morgan fingerprint density at radius 3 is 2.56 bits per heavy atom. The van der Waals surface area contributed by atoms with Gasteiger partial charge in [-0.1, -0.05) is 18.2 Å². The normalized spacial score (nSPS) is 14.7. The standard InChI is InChI=1S/C24H28N2O7S/c1-17-4-5-18(2)20(14-17)25-23(27)16-33-24(28)9-7-19-6-8-21(31-3)22(15-19)34(29,30)26-10-12-32-13-11-26/h4-9,14-15H,10-13,16H2,1-3H3,(H,25,27)/b9-7+. The summed E-state index contributed by atoms with van der Waals surface area (Å²) >= 11 is 0. The zero-order valence-corrected chi connectivity index (χ0v) is 20.2. The van der Waals surface area contributed by atoms with Crippen molar-refractivity contribution in [1.29, 1.82) is 0 Å². The van der Waals surface area contributed by atoms with E-state index in [2.05, 4.69) is 5.32 Å². The molecule has 1 amide bonds. The molecule has 2 aromatic carbocycles. The first-order valence-electron chi connectivity index (χ1n) is 10.7. The molecule has 1 aliphatic heterocycles. The number of sulfonamides is 1. The predicted octanol–water partition coefficient (Wildman–Crippen LogP) is 2.53. The molecule has 9 nitrogen and oxygen atoms in total. The number of methoxy groups -OCH3 is 1. The number of carbonyl (C=O) groups is 2. The Labute approximate surface area is 199 Å². The lowest BCUT2D eigenvalue weighted by Gasteiger charge is -2.26. The van der Waals surface area contributed by atoms with Crippen molar-refractivity contribution in [3.8, 4) is 5.75 Å². The van der Waals surface area contributed by atoms with E-state index in [9.17, 15) is 18.0 Å². The van der Waals surface area contributed by atoms with Gasteiger partial charge in [-0.15, -0.1) is 0 Å². The number of nitrogens with one attached hydrogen (secondary N) is 1. The summed E-state index contributed by atoms with van der Waals surface area (Å²) in [6, 6.07) is 10.2. The Balaban J connectivity index is 1.64. The van der Waals surface area contributed by atoms with Crippen molar-refractivity contribution in [3.63, 3.8) is 0 Å². The Morgan fingerprint density at radius 1 is 1.12 bits per heavy atom. The third-order valence-corrected chi connectivity index (χ3v) is 7.12. The number of amides is 1. The zero-order chi connectivity index (χ0) is 24.7. The number of nitrogens with zero attached hydrogens (tertiary/aromatic N) is 1. The van der Waals surface area contributed by atoms with Crippen LogP contribution in [-0.2, 0) is 29.1 Å². The first-order chi connectivity index (χ1) is 16.2. The van der Waals surface area contributed by atoms with Crippen LogP contribution in [0.5, 0.6) is 5.75 Å². The van der Waals surface area contributed by atoms with Crippen molar-refractivity contribution in [3.05, 3.63) is 59.2 Å². The highest BCUT2D eigenvalue weighted by molar-refractivity contribution is 7.89. The van der Waals surface area contributed by atoms with Crippen molar-refractivity contribution in [1.82, 2.24) is 4.31 Å². The maximum atomic E-state index is 13.1. The fourth-order valence-corrected chi connectivity index (χ4v) is 4.93. The van der Waals surface area contributed by atoms with Gasteiger partial charge in [0.05, 0.1) is 20.3 Å². The highest BCUT2D eigenvalue weighted by atomic mass is 32.2. The van der Waals surface area contributed by atoms with Crippen LogP contribution < -0.4 is 10.1 Å². The van der Waals surface area contributed by atoms with E-state index in [1.165, 1.54) is 29.6 Å². The summed E-state index contributed by atoms with van der Waals surface area (Å²) < 4.78 is 42.9. The fourth-order valence-electron chi connectivity index (χ4n) is 3.33. The van der Waals surface area contributed by atoms with Crippen LogP contribution in [0.4, 0.5) is 5.69 Å². The van der Waals surface area contributed by atoms with Gasteiger partial charge in [0.15, 0.2) is 6.61 Å². The largest absolute Gasteiger partial charge is 0.495 e. The summed E-state index contributed by atoms with van der Waals surface area (Å²) in [5.41, 5.74) is 3.01. The molecule has 10 heteroatoms. The van der Waals surface area contributed by atoms with Crippen LogP contribution in [0, 0.1) is 13.8 Å². The SMILES string of the molecule is COc1ccc(/C=C/C(=O)OCC(=O)Nc2cc(C)ccc2C)cc1S(=O)(=O)N1CCOCC1. The zero-order valence-electron chi connectivity index (χ0n) is 19.4. The first-order valence-corrected chi connectivity index (χ1v) is 12.1.